The van der Waals surface area contributed by atoms with Crippen molar-refractivity contribution >= 4 is 17.4 Å². The van der Waals surface area contributed by atoms with Crippen LogP contribution >= 0.6 is 11.6 Å². The lowest BCUT2D eigenvalue weighted by Gasteiger charge is -2.25. The molecule has 0 amide bonds. The molecule has 1 aliphatic rings. The molecule has 1 fully saturated rings. The van der Waals surface area contributed by atoms with Gasteiger partial charge >= 0.3 is 0 Å². The first kappa shape index (κ1) is 12.6. The highest BCUT2D eigenvalue weighted by Gasteiger charge is 2.43. The number of hydrogen-bond acceptors (Lipinski definition) is 3. The predicted octanol–water partition coefficient (Wildman–Crippen LogP) is 1.82. The highest BCUT2D eigenvalue weighted by Crippen LogP contribution is 2.30. The van der Waals surface area contributed by atoms with E-state index in [-0.39, 0.29) is 11.8 Å². The number of nitrogens with two attached hydrogens (primary N) is 1. The molecule has 3 nitrogen and oxygen atoms in total. The summed E-state index contributed by atoms with van der Waals surface area (Å²) in [5.74, 6) is 0.0931. The molecule has 1 aromatic rings. The summed E-state index contributed by atoms with van der Waals surface area (Å²) in [6.45, 7) is 2.71. The van der Waals surface area contributed by atoms with Gasteiger partial charge in [-0.1, -0.05) is 29.8 Å². The second kappa shape index (κ2) is 4.77. The van der Waals surface area contributed by atoms with E-state index < -0.39 is 5.41 Å². The van der Waals surface area contributed by atoms with Gasteiger partial charge < -0.3 is 10.5 Å². The maximum absolute atomic E-state index is 12.3. The Morgan fingerprint density at radius 1 is 1.59 bits per heavy atom. The minimum absolute atomic E-state index is 0.0931. The van der Waals surface area contributed by atoms with Crippen molar-refractivity contribution in [2.75, 3.05) is 13.2 Å². The SMILES string of the molecule is CC1(C(=O)Cc2ccccc2Cl)COCC1N. The van der Waals surface area contributed by atoms with E-state index in [1.165, 1.54) is 0 Å². The fraction of sp³-hybridized carbons (Fsp3) is 0.462. The molecule has 2 rings (SSSR count). The minimum Gasteiger partial charge on any atom is -0.379 e. The topological polar surface area (TPSA) is 52.3 Å². The first-order valence-corrected chi connectivity index (χ1v) is 6.02. The summed E-state index contributed by atoms with van der Waals surface area (Å²) in [7, 11) is 0. The monoisotopic (exact) mass is 253 g/mol. The van der Waals surface area contributed by atoms with Crippen LogP contribution in [0.15, 0.2) is 24.3 Å². The largest absolute Gasteiger partial charge is 0.379 e. The minimum atomic E-state index is -0.584. The highest BCUT2D eigenvalue weighted by atomic mass is 35.5. The maximum Gasteiger partial charge on any atom is 0.147 e. The third kappa shape index (κ3) is 2.37. The Bertz CT molecular complexity index is 435. The fourth-order valence-corrected chi connectivity index (χ4v) is 2.20. The Kier molecular flexibility index (Phi) is 3.52. The Labute approximate surface area is 106 Å². The van der Waals surface area contributed by atoms with Gasteiger partial charge in [0.05, 0.1) is 18.6 Å². The molecular formula is C13H16ClNO2. The van der Waals surface area contributed by atoms with Gasteiger partial charge in [-0.2, -0.15) is 0 Å². The van der Waals surface area contributed by atoms with Crippen molar-refractivity contribution in [1.82, 2.24) is 0 Å². The predicted molar refractivity (Wildman–Crippen MR) is 67.1 cm³/mol. The standard InChI is InChI=1S/C13H16ClNO2/c1-13(8-17-7-11(13)15)12(16)6-9-4-2-3-5-10(9)14/h2-5,11H,6-8,15H2,1H3. The zero-order chi connectivity index (χ0) is 12.5. The van der Waals surface area contributed by atoms with Gasteiger partial charge in [-0.05, 0) is 18.6 Å². The van der Waals surface area contributed by atoms with Crippen molar-refractivity contribution in [3.63, 3.8) is 0 Å². The molecule has 1 aliphatic heterocycles. The lowest BCUT2D eigenvalue weighted by Crippen LogP contribution is -2.45. The molecule has 1 aromatic carbocycles. The lowest BCUT2D eigenvalue weighted by atomic mass is 9.79. The number of carbonyl (C=O) groups is 1. The molecule has 0 aromatic heterocycles. The van der Waals surface area contributed by atoms with Crippen molar-refractivity contribution in [2.24, 2.45) is 11.1 Å². The zero-order valence-electron chi connectivity index (χ0n) is 9.78. The molecule has 0 aliphatic carbocycles. The Morgan fingerprint density at radius 2 is 2.29 bits per heavy atom. The molecule has 92 valence electrons. The van der Waals surface area contributed by atoms with Crippen LogP contribution in [0, 0.1) is 5.41 Å². The quantitative estimate of drug-likeness (QED) is 0.894. The summed E-state index contributed by atoms with van der Waals surface area (Å²) in [6, 6.07) is 7.16. The Balaban J connectivity index is 2.15. The smallest absolute Gasteiger partial charge is 0.147 e. The van der Waals surface area contributed by atoms with E-state index in [2.05, 4.69) is 0 Å². The van der Waals surface area contributed by atoms with Crippen molar-refractivity contribution in [1.29, 1.82) is 0 Å². The van der Waals surface area contributed by atoms with Crippen molar-refractivity contribution in [2.45, 2.75) is 19.4 Å². The molecule has 0 radical (unpaired) electrons. The Hall–Kier alpha value is -0.900. The Morgan fingerprint density at radius 3 is 2.88 bits per heavy atom. The molecule has 4 heteroatoms. The second-order valence-corrected chi connectivity index (χ2v) is 5.14. The summed E-state index contributed by atoms with van der Waals surface area (Å²) in [5.41, 5.74) is 6.19. The zero-order valence-corrected chi connectivity index (χ0v) is 10.5. The number of ketones is 1. The highest BCUT2D eigenvalue weighted by molar-refractivity contribution is 6.31. The molecule has 2 unspecified atom stereocenters. The van der Waals surface area contributed by atoms with Crippen LogP contribution in [0.5, 0.6) is 0 Å². The first-order chi connectivity index (χ1) is 8.04. The van der Waals surface area contributed by atoms with E-state index in [0.29, 0.717) is 24.7 Å². The normalized spacial score (nSPS) is 28.3. The number of Topliss-reactive ketones (excluding diaryl/α,β-unsaturated/α-hetero) is 1. The third-order valence-corrected chi connectivity index (χ3v) is 3.83. The fourth-order valence-electron chi connectivity index (χ4n) is 1.99. The van der Waals surface area contributed by atoms with Crippen LogP contribution in [-0.4, -0.2) is 25.0 Å². The van der Waals surface area contributed by atoms with E-state index in [9.17, 15) is 4.79 Å². The van der Waals surface area contributed by atoms with Crippen LogP contribution < -0.4 is 5.73 Å². The van der Waals surface area contributed by atoms with Gasteiger partial charge in [-0.3, -0.25) is 4.79 Å². The maximum atomic E-state index is 12.3. The average Bonchev–Trinajstić information content (AvgIpc) is 2.64. The van der Waals surface area contributed by atoms with Gasteiger partial charge in [0.25, 0.3) is 0 Å². The van der Waals surface area contributed by atoms with Crippen molar-refractivity contribution in [3.8, 4) is 0 Å². The van der Waals surface area contributed by atoms with Crippen LogP contribution in [0.2, 0.25) is 5.02 Å². The van der Waals surface area contributed by atoms with Gasteiger partial charge in [0.15, 0.2) is 0 Å². The molecule has 17 heavy (non-hydrogen) atoms. The van der Waals surface area contributed by atoms with E-state index in [1.54, 1.807) is 6.07 Å². The van der Waals surface area contributed by atoms with E-state index in [1.807, 2.05) is 25.1 Å². The number of carbonyl (C=O) groups excluding carboxylic acids is 1. The summed E-state index contributed by atoms with van der Waals surface area (Å²) in [6.07, 6.45) is 0.313. The molecule has 2 atom stereocenters. The number of hydrogen-bond donors (Lipinski definition) is 1. The van der Waals surface area contributed by atoms with Gasteiger partial charge in [0.2, 0.25) is 0 Å². The summed E-state index contributed by atoms with van der Waals surface area (Å²) in [4.78, 5) is 12.3. The molecule has 1 saturated heterocycles. The van der Waals surface area contributed by atoms with Crippen LogP contribution in [0.1, 0.15) is 12.5 Å². The molecule has 0 saturated carbocycles. The van der Waals surface area contributed by atoms with E-state index in [4.69, 9.17) is 22.1 Å². The van der Waals surface area contributed by atoms with Crippen molar-refractivity contribution < 1.29 is 9.53 Å². The summed E-state index contributed by atoms with van der Waals surface area (Å²) >= 11 is 6.04. The average molecular weight is 254 g/mol. The number of rotatable bonds is 3. The molecule has 1 heterocycles. The number of ether oxygens (including phenoxy) is 1. The number of benzene rings is 1. The number of halogens is 1. The summed E-state index contributed by atoms with van der Waals surface area (Å²) < 4.78 is 5.28. The van der Waals surface area contributed by atoms with Gasteiger partial charge in [0, 0.05) is 17.5 Å². The van der Waals surface area contributed by atoms with Crippen LogP contribution in [0.25, 0.3) is 0 Å². The summed E-state index contributed by atoms with van der Waals surface area (Å²) in [5, 5.41) is 0.622. The lowest BCUT2D eigenvalue weighted by molar-refractivity contribution is -0.127. The van der Waals surface area contributed by atoms with E-state index in [0.717, 1.165) is 5.56 Å². The van der Waals surface area contributed by atoms with Gasteiger partial charge in [-0.25, -0.2) is 0 Å². The van der Waals surface area contributed by atoms with Crippen LogP contribution in [0.3, 0.4) is 0 Å². The van der Waals surface area contributed by atoms with Gasteiger partial charge in [0.1, 0.15) is 5.78 Å². The molecule has 2 N–H and O–H groups in total. The van der Waals surface area contributed by atoms with Crippen LogP contribution in [0.4, 0.5) is 0 Å². The first-order valence-electron chi connectivity index (χ1n) is 5.64. The van der Waals surface area contributed by atoms with Crippen LogP contribution in [-0.2, 0) is 16.0 Å². The van der Waals surface area contributed by atoms with Crippen molar-refractivity contribution in [3.05, 3.63) is 34.9 Å². The molecule has 0 spiro atoms. The molecule has 0 bridgehead atoms. The third-order valence-electron chi connectivity index (χ3n) is 3.46. The second-order valence-electron chi connectivity index (χ2n) is 4.73. The van der Waals surface area contributed by atoms with Gasteiger partial charge in [-0.15, -0.1) is 0 Å². The van der Waals surface area contributed by atoms with E-state index >= 15 is 0 Å². The molecular weight excluding hydrogens is 238 g/mol.